The highest BCUT2D eigenvalue weighted by molar-refractivity contribution is 5.93. The van der Waals surface area contributed by atoms with Gasteiger partial charge in [0.05, 0.1) is 23.0 Å². The van der Waals surface area contributed by atoms with E-state index in [0.29, 0.717) is 28.2 Å². The van der Waals surface area contributed by atoms with Gasteiger partial charge in [0.15, 0.2) is 5.65 Å². The van der Waals surface area contributed by atoms with Crippen molar-refractivity contribution in [3.05, 3.63) is 59.3 Å². The molecule has 4 aromatic rings. The lowest BCUT2D eigenvalue weighted by Crippen LogP contribution is -2.20. The fraction of sp³-hybridized carbons (Fsp3) is 0.238. The van der Waals surface area contributed by atoms with Crippen molar-refractivity contribution in [3.8, 4) is 11.3 Å². The lowest BCUT2D eigenvalue weighted by atomic mass is 10.1. The summed E-state index contributed by atoms with van der Waals surface area (Å²) >= 11 is 0. The van der Waals surface area contributed by atoms with Crippen molar-refractivity contribution in [1.82, 2.24) is 24.5 Å². The summed E-state index contributed by atoms with van der Waals surface area (Å²) in [5.41, 5.74) is 2.22. The van der Waals surface area contributed by atoms with E-state index in [1.165, 1.54) is 35.1 Å². The first-order valence-electron chi connectivity index (χ1n) is 9.44. The van der Waals surface area contributed by atoms with Crippen molar-refractivity contribution < 1.29 is 18.0 Å². The number of nitrogens with zero attached hydrogens (tertiary/aromatic N) is 5. The lowest BCUT2D eigenvalue weighted by Gasteiger charge is -2.10. The van der Waals surface area contributed by atoms with Crippen LogP contribution in [0.15, 0.2) is 36.7 Å². The van der Waals surface area contributed by atoms with Crippen LogP contribution in [-0.2, 0) is 18.4 Å². The van der Waals surface area contributed by atoms with Gasteiger partial charge in [0, 0.05) is 30.1 Å². The summed E-state index contributed by atoms with van der Waals surface area (Å²) in [5.74, 6) is -0.845. The Morgan fingerprint density at radius 1 is 1.23 bits per heavy atom. The minimum atomic E-state index is -2.74. The quantitative estimate of drug-likeness (QED) is 0.518. The summed E-state index contributed by atoms with van der Waals surface area (Å²) in [6.45, 7) is 3.02. The van der Waals surface area contributed by atoms with E-state index >= 15 is 0 Å². The van der Waals surface area contributed by atoms with E-state index in [1.807, 2.05) is 0 Å². The first-order chi connectivity index (χ1) is 14.7. The van der Waals surface area contributed by atoms with Crippen molar-refractivity contribution in [2.75, 3.05) is 5.32 Å². The highest BCUT2D eigenvalue weighted by Gasteiger charge is 2.22. The van der Waals surface area contributed by atoms with Crippen molar-refractivity contribution >= 4 is 22.6 Å². The van der Waals surface area contributed by atoms with Crippen LogP contribution < -0.4 is 5.32 Å². The third-order valence-corrected chi connectivity index (χ3v) is 4.90. The van der Waals surface area contributed by atoms with Gasteiger partial charge in [-0.15, -0.1) is 0 Å². The number of hydrogen-bond donors (Lipinski definition) is 1. The van der Waals surface area contributed by atoms with Gasteiger partial charge in [-0.25, -0.2) is 22.8 Å². The van der Waals surface area contributed by atoms with Crippen LogP contribution in [-0.4, -0.2) is 30.5 Å². The van der Waals surface area contributed by atoms with Gasteiger partial charge in [-0.3, -0.25) is 9.48 Å². The fourth-order valence-corrected chi connectivity index (χ4v) is 3.46. The largest absolute Gasteiger partial charge is 0.324 e. The molecule has 0 aliphatic rings. The molecule has 7 nitrogen and oxygen atoms in total. The van der Waals surface area contributed by atoms with Crippen LogP contribution in [0.2, 0.25) is 0 Å². The molecule has 0 atom stereocenters. The lowest BCUT2D eigenvalue weighted by molar-refractivity contribution is -0.116. The predicted molar refractivity (Wildman–Crippen MR) is 109 cm³/mol. The second-order valence-electron chi connectivity index (χ2n) is 7.25. The van der Waals surface area contributed by atoms with Crippen molar-refractivity contribution in [1.29, 1.82) is 0 Å². The Kier molecular flexibility index (Phi) is 5.22. The first-order valence-corrected chi connectivity index (χ1v) is 9.44. The topological polar surface area (TPSA) is 77.6 Å². The molecule has 0 saturated carbocycles. The minimum absolute atomic E-state index is 0.181. The summed E-state index contributed by atoms with van der Waals surface area (Å²) in [7, 11) is 1.71. The number of halogens is 3. The van der Waals surface area contributed by atoms with Gasteiger partial charge in [-0.2, -0.15) is 10.2 Å². The zero-order chi connectivity index (χ0) is 22.3. The van der Waals surface area contributed by atoms with Crippen LogP contribution in [0.5, 0.6) is 0 Å². The Hall–Kier alpha value is -3.69. The number of carbonyl (C=O) groups excluding carboxylic acids is 1. The molecule has 1 amide bonds. The van der Waals surface area contributed by atoms with Crippen LogP contribution in [0.4, 0.5) is 18.9 Å². The van der Waals surface area contributed by atoms with E-state index in [0.717, 1.165) is 0 Å². The van der Waals surface area contributed by atoms with Gasteiger partial charge in [-0.1, -0.05) is 0 Å². The molecule has 3 heterocycles. The molecule has 0 saturated heterocycles. The summed E-state index contributed by atoms with van der Waals surface area (Å²) < 4.78 is 43.8. The number of anilines is 1. The maximum atomic E-state index is 13.8. The van der Waals surface area contributed by atoms with Gasteiger partial charge in [0.25, 0.3) is 6.43 Å². The maximum absolute atomic E-state index is 13.8. The molecule has 1 aromatic carbocycles. The molecule has 1 N–H and O–H groups in total. The Bertz CT molecular complexity index is 1290. The molecule has 0 fully saturated rings. The molecule has 0 unspecified atom stereocenters. The standard InChI is InChI=1S/C21H19F3N6O/c1-11-6-14(22)4-5-16(11)26-18(31)10-30-21-19(12(2)28-30)15(20(23)24)7-17(27-21)13-8-25-29(3)9-13/h4-9,20H,10H2,1-3H3,(H,26,31). The van der Waals surface area contributed by atoms with E-state index in [2.05, 4.69) is 20.5 Å². The van der Waals surface area contributed by atoms with Gasteiger partial charge in [0.2, 0.25) is 5.91 Å². The number of benzene rings is 1. The minimum Gasteiger partial charge on any atom is -0.324 e. The fourth-order valence-electron chi connectivity index (χ4n) is 3.46. The van der Waals surface area contributed by atoms with Crippen LogP contribution in [0, 0.1) is 19.7 Å². The van der Waals surface area contributed by atoms with Crippen LogP contribution >= 0.6 is 0 Å². The number of aromatic nitrogens is 5. The Morgan fingerprint density at radius 3 is 2.65 bits per heavy atom. The van der Waals surface area contributed by atoms with Gasteiger partial charge in [-0.05, 0) is 43.7 Å². The molecule has 3 aromatic heterocycles. The average Bonchev–Trinajstić information content (AvgIpc) is 3.27. The zero-order valence-corrected chi connectivity index (χ0v) is 17.0. The molecule has 0 aliphatic heterocycles. The number of aryl methyl sites for hydroxylation is 3. The first kappa shape index (κ1) is 20.6. The molecule has 0 radical (unpaired) electrons. The third-order valence-electron chi connectivity index (χ3n) is 4.90. The maximum Gasteiger partial charge on any atom is 0.264 e. The second-order valence-corrected chi connectivity index (χ2v) is 7.25. The highest BCUT2D eigenvalue weighted by atomic mass is 19.3. The molecule has 31 heavy (non-hydrogen) atoms. The van der Waals surface area contributed by atoms with Crippen molar-refractivity contribution in [3.63, 3.8) is 0 Å². The van der Waals surface area contributed by atoms with Gasteiger partial charge in [0.1, 0.15) is 12.4 Å². The normalized spacial score (nSPS) is 11.5. The Balaban J connectivity index is 1.73. The number of rotatable bonds is 5. The van der Waals surface area contributed by atoms with E-state index in [-0.39, 0.29) is 23.1 Å². The molecule has 0 bridgehead atoms. The van der Waals surface area contributed by atoms with E-state index in [1.54, 1.807) is 31.8 Å². The molecular formula is C21H19F3N6O. The van der Waals surface area contributed by atoms with E-state index in [4.69, 9.17) is 0 Å². The Morgan fingerprint density at radius 2 is 2.00 bits per heavy atom. The summed E-state index contributed by atoms with van der Waals surface area (Å²) in [4.78, 5) is 17.1. The third kappa shape index (κ3) is 4.00. The van der Waals surface area contributed by atoms with Gasteiger partial charge >= 0.3 is 0 Å². The summed E-state index contributed by atoms with van der Waals surface area (Å²) in [5, 5.41) is 11.2. The molecule has 10 heteroatoms. The molecule has 4 rings (SSSR count). The average molecular weight is 428 g/mol. The monoisotopic (exact) mass is 428 g/mol. The van der Waals surface area contributed by atoms with Crippen LogP contribution in [0.25, 0.3) is 22.3 Å². The number of alkyl halides is 2. The van der Waals surface area contributed by atoms with Crippen molar-refractivity contribution in [2.24, 2.45) is 7.05 Å². The number of nitrogens with one attached hydrogen (secondary N) is 1. The molecule has 160 valence electrons. The molecule has 0 spiro atoms. The van der Waals surface area contributed by atoms with Crippen LogP contribution in [0.3, 0.4) is 0 Å². The number of amides is 1. The highest BCUT2D eigenvalue weighted by Crippen LogP contribution is 2.33. The number of hydrogen-bond acceptors (Lipinski definition) is 4. The van der Waals surface area contributed by atoms with Crippen molar-refractivity contribution in [2.45, 2.75) is 26.8 Å². The SMILES string of the molecule is Cc1cc(F)ccc1NC(=O)Cn1nc(C)c2c(C(F)F)cc(-c3cnn(C)c3)nc21. The number of pyridine rings is 1. The predicted octanol–water partition coefficient (Wildman–Crippen LogP) is 4.16. The van der Waals surface area contributed by atoms with E-state index < -0.39 is 18.1 Å². The Labute approximate surface area is 175 Å². The molecule has 0 aliphatic carbocycles. The zero-order valence-electron chi connectivity index (χ0n) is 17.0. The summed E-state index contributed by atoms with van der Waals surface area (Å²) in [6, 6.07) is 5.33. The number of fused-ring (bicyclic) bond motifs is 1. The number of carbonyl (C=O) groups is 1. The summed E-state index contributed by atoms with van der Waals surface area (Å²) in [6.07, 6.45) is 0.454. The van der Waals surface area contributed by atoms with E-state index in [9.17, 15) is 18.0 Å². The second kappa shape index (κ2) is 7.86. The van der Waals surface area contributed by atoms with Crippen LogP contribution in [0.1, 0.15) is 23.2 Å². The smallest absolute Gasteiger partial charge is 0.264 e. The molecular weight excluding hydrogens is 409 g/mol. The van der Waals surface area contributed by atoms with Gasteiger partial charge < -0.3 is 5.32 Å².